The molecule has 0 unspecified atom stereocenters. The minimum atomic E-state index is -0.0839. The second-order valence-electron chi connectivity index (χ2n) is 8.68. The molecule has 126 valence electrons. The molecule has 3 N–H and O–H groups in total. The summed E-state index contributed by atoms with van der Waals surface area (Å²) in [5.74, 6) is 0.939. The Morgan fingerprint density at radius 2 is 1.59 bits per heavy atom. The number of hydrogen-bond donors (Lipinski definition) is 2. The highest BCUT2D eigenvalue weighted by atomic mass is 35.5. The van der Waals surface area contributed by atoms with E-state index in [1.54, 1.807) is 0 Å². The zero-order valence-corrected chi connectivity index (χ0v) is 15.7. The topological polar surface area (TPSA) is 46.2 Å². The summed E-state index contributed by atoms with van der Waals surface area (Å²) in [6, 6.07) is 4.25. The summed E-state index contributed by atoms with van der Waals surface area (Å²) in [6.07, 6.45) is 3.64. The zero-order valence-electron chi connectivity index (χ0n) is 14.9. The Morgan fingerprint density at radius 1 is 1.05 bits per heavy atom. The van der Waals surface area contributed by atoms with E-state index >= 15 is 0 Å². The van der Waals surface area contributed by atoms with Gasteiger partial charge >= 0.3 is 0 Å². The lowest BCUT2D eigenvalue weighted by molar-refractivity contribution is 0.259. The van der Waals surface area contributed by atoms with Gasteiger partial charge in [-0.15, -0.1) is 12.4 Å². The van der Waals surface area contributed by atoms with Crippen molar-refractivity contribution in [3.05, 3.63) is 28.8 Å². The van der Waals surface area contributed by atoms with Crippen molar-refractivity contribution in [1.82, 2.24) is 0 Å². The van der Waals surface area contributed by atoms with Crippen LogP contribution in [-0.4, -0.2) is 5.11 Å². The fourth-order valence-electron chi connectivity index (χ4n) is 2.97. The molecule has 3 heteroatoms. The van der Waals surface area contributed by atoms with Gasteiger partial charge in [0.15, 0.2) is 0 Å². The molecule has 1 aliphatic carbocycles. The smallest absolute Gasteiger partial charge is 0.124 e. The molecular formula is C19H32ClNO. The van der Waals surface area contributed by atoms with Gasteiger partial charge in [-0.2, -0.15) is 0 Å². The van der Waals surface area contributed by atoms with Crippen molar-refractivity contribution >= 4 is 12.4 Å². The van der Waals surface area contributed by atoms with E-state index in [1.807, 2.05) is 0 Å². The van der Waals surface area contributed by atoms with Gasteiger partial charge in [-0.05, 0) is 46.8 Å². The number of benzene rings is 1. The van der Waals surface area contributed by atoms with E-state index in [1.165, 1.54) is 24.8 Å². The van der Waals surface area contributed by atoms with Gasteiger partial charge in [-0.1, -0.05) is 54.0 Å². The molecule has 0 amide bonds. The first-order valence-electron chi connectivity index (χ1n) is 8.15. The van der Waals surface area contributed by atoms with E-state index in [4.69, 9.17) is 5.73 Å². The monoisotopic (exact) mass is 325 g/mol. The van der Waals surface area contributed by atoms with Gasteiger partial charge in [0, 0.05) is 11.6 Å². The van der Waals surface area contributed by atoms with Crippen LogP contribution >= 0.6 is 12.4 Å². The minimum Gasteiger partial charge on any atom is -0.507 e. The molecule has 1 aromatic carbocycles. The molecule has 0 radical (unpaired) electrons. The molecule has 1 atom stereocenters. The highest BCUT2D eigenvalue weighted by Gasteiger charge is 2.31. The van der Waals surface area contributed by atoms with E-state index in [2.05, 4.69) is 53.7 Å². The average molecular weight is 326 g/mol. The maximum atomic E-state index is 10.8. The molecule has 22 heavy (non-hydrogen) atoms. The van der Waals surface area contributed by atoms with E-state index in [0.29, 0.717) is 11.7 Å². The van der Waals surface area contributed by atoms with Crippen LogP contribution in [0.25, 0.3) is 0 Å². The third-order valence-corrected chi connectivity index (χ3v) is 4.83. The summed E-state index contributed by atoms with van der Waals surface area (Å²) in [4.78, 5) is 0. The maximum Gasteiger partial charge on any atom is 0.124 e. The van der Waals surface area contributed by atoms with Crippen molar-refractivity contribution < 1.29 is 5.11 Å². The van der Waals surface area contributed by atoms with E-state index in [9.17, 15) is 5.11 Å². The summed E-state index contributed by atoms with van der Waals surface area (Å²) in [6.45, 7) is 13.1. The molecule has 0 aromatic heterocycles. The number of rotatable bonds is 2. The molecule has 2 rings (SSSR count). The lowest BCUT2D eigenvalue weighted by Gasteiger charge is -2.34. The highest BCUT2D eigenvalue weighted by molar-refractivity contribution is 5.85. The molecule has 0 bridgehead atoms. The largest absolute Gasteiger partial charge is 0.507 e. The van der Waals surface area contributed by atoms with Gasteiger partial charge in [0.25, 0.3) is 0 Å². The Bertz CT molecular complexity index is 521. The van der Waals surface area contributed by atoms with Gasteiger partial charge in [0.2, 0.25) is 0 Å². The molecule has 0 heterocycles. The first kappa shape index (κ1) is 19.3. The second-order valence-corrected chi connectivity index (χ2v) is 8.68. The molecular weight excluding hydrogens is 294 g/mol. The number of hydrogen-bond acceptors (Lipinski definition) is 2. The predicted molar refractivity (Wildman–Crippen MR) is 97.0 cm³/mol. The number of phenolic OH excluding ortho intramolecular Hbond substituents is 1. The van der Waals surface area contributed by atoms with Gasteiger partial charge in [0.05, 0.1) is 0 Å². The Hall–Kier alpha value is -0.730. The Morgan fingerprint density at radius 3 is 1.95 bits per heavy atom. The number of aromatic hydroxyl groups is 1. The average Bonchev–Trinajstić information content (AvgIpc) is 2.23. The fourth-order valence-corrected chi connectivity index (χ4v) is 2.97. The van der Waals surface area contributed by atoms with Crippen LogP contribution in [0.2, 0.25) is 0 Å². The Labute approximate surface area is 141 Å². The SMILES string of the molecule is CC(C)(C)c1cc([C@@H](N)C2CCC2)c(O)c(C(C)(C)C)c1.Cl. The summed E-state index contributed by atoms with van der Waals surface area (Å²) < 4.78 is 0. The van der Waals surface area contributed by atoms with E-state index < -0.39 is 0 Å². The van der Waals surface area contributed by atoms with E-state index in [-0.39, 0.29) is 29.3 Å². The van der Waals surface area contributed by atoms with Crippen molar-refractivity contribution in [3.63, 3.8) is 0 Å². The van der Waals surface area contributed by atoms with Crippen LogP contribution in [0.3, 0.4) is 0 Å². The van der Waals surface area contributed by atoms with Gasteiger partial charge in [-0.3, -0.25) is 0 Å². The van der Waals surface area contributed by atoms with Crippen LogP contribution in [-0.2, 0) is 10.8 Å². The Kier molecular flexibility index (Phi) is 5.63. The molecule has 0 saturated heterocycles. The van der Waals surface area contributed by atoms with Crippen LogP contribution in [0.15, 0.2) is 12.1 Å². The van der Waals surface area contributed by atoms with Crippen LogP contribution in [0.1, 0.15) is 83.5 Å². The zero-order chi connectivity index (χ0) is 16.0. The Balaban J connectivity index is 0.00000242. The fraction of sp³-hybridized carbons (Fsp3) is 0.684. The summed E-state index contributed by atoms with van der Waals surface area (Å²) >= 11 is 0. The summed E-state index contributed by atoms with van der Waals surface area (Å²) in [5, 5.41) is 10.8. The third-order valence-electron chi connectivity index (χ3n) is 4.83. The van der Waals surface area contributed by atoms with Gasteiger partial charge in [0.1, 0.15) is 5.75 Å². The van der Waals surface area contributed by atoms with Crippen LogP contribution in [0, 0.1) is 5.92 Å². The molecule has 1 aromatic rings. The number of halogens is 1. The number of nitrogens with two attached hydrogens (primary N) is 1. The lowest BCUT2D eigenvalue weighted by atomic mass is 9.73. The first-order valence-corrected chi connectivity index (χ1v) is 8.15. The van der Waals surface area contributed by atoms with Crippen LogP contribution in [0.5, 0.6) is 5.75 Å². The number of phenols is 1. The molecule has 1 aliphatic rings. The van der Waals surface area contributed by atoms with Crippen molar-refractivity contribution in [2.45, 2.75) is 77.7 Å². The van der Waals surface area contributed by atoms with Gasteiger partial charge in [-0.25, -0.2) is 0 Å². The molecule has 2 nitrogen and oxygen atoms in total. The first-order chi connectivity index (χ1) is 9.51. The van der Waals surface area contributed by atoms with Crippen molar-refractivity contribution in [2.24, 2.45) is 11.7 Å². The van der Waals surface area contributed by atoms with E-state index in [0.717, 1.165) is 11.1 Å². The lowest BCUT2D eigenvalue weighted by Crippen LogP contribution is -2.28. The molecule has 0 aliphatic heterocycles. The van der Waals surface area contributed by atoms with Gasteiger partial charge < -0.3 is 10.8 Å². The third kappa shape index (κ3) is 3.78. The normalized spacial score (nSPS) is 17.6. The quantitative estimate of drug-likeness (QED) is 0.784. The van der Waals surface area contributed by atoms with Crippen molar-refractivity contribution in [1.29, 1.82) is 0 Å². The van der Waals surface area contributed by atoms with Crippen molar-refractivity contribution in [2.75, 3.05) is 0 Å². The van der Waals surface area contributed by atoms with Crippen LogP contribution in [0.4, 0.5) is 0 Å². The maximum absolute atomic E-state index is 10.8. The second kappa shape index (κ2) is 6.41. The molecule has 1 saturated carbocycles. The molecule has 0 spiro atoms. The summed E-state index contributed by atoms with van der Waals surface area (Å²) in [7, 11) is 0. The minimum absolute atomic E-state index is 0. The summed E-state index contributed by atoms with van der Waals surface area (Å²) in [5.41, 5.74) is 9.65. The highest BCUT2D eigenvalue weighted by Crippen LogP contribution is 2.44. The van der Waals surface area contributed by atoms with Crippen molar-refractivity contribution in [3.8, 4) is 5.75 Å². The standard InChI is InChI=1S/C19H31NO.ClH/c1-18(2,3)13-10-14(16(20)12-8-7-9-12)17(21)15(11-13)19(4,5)6;/h10-12,16,21H,7-9,20H2,1-6H3;1H/t16-;/m0./s1. The van der Waals surface area contributed by atoms with Crippen LogP contribution < -0.4 is 5.73 Å². The predicted octanol–water partition coefficient (Wildman–Crippen LogP) is 5.21. The molecule has 1 fully saturated rings.